The molecule has 0 radical (unpaired) electrons. The number of nitrogens with one attached hydrogen (secondary N) is 1. The van der Waals surface area contributed by atoms with E-state index in [1.54, 1.807) is 4.90 Å². The lowest BCUT2D eigenvalue weighted by molar-refractivity contribution is 0.0271. The topological polar surface area (TPSA) is 72.9 Å². The van der Waals surface area contributed by atoms with E-state index in [2.05, 4.69) is 17.4 Å². The van der Waals surface area contributed by atoms with E-state index in [9.17, 15) is 14.7 Å². The highest BCUT2D eigenvalue weighted by Crippen LogP contribution is 2.34. The van der Waals surface area contributed by atoms with Gasteiger partial charge in [-0.15, -0.1) is 0 Å². The minimum Gasteiger partial charge on any atom is -0.396 e. The van der Waals surface area contributed by atoms with Crippen LogP contribution in [0.1, 0.15) is 34.3 Å². The maximum atomic E-state index is 13.3. The summed E-state index contributed by atoms with van der Waals surface area (Å²) in [6, 6.07) is 15.6. The number of carbonyl (C=O) groups excluding carboxylic acids is 2. The van der Waals surface area contributed by atoms with Crippen molar-refractivity contribution >= 4 is 17.6 Å². The minimum atomic E-state index is -0.322. The predicted octanol–water partition coefficient (Wildman–Crippen LogP) is 2.98. The number of likely N-dealkylation sites (tertiary alicyclic amines) is 1. The molecule has 2 fully saturated rings. The number of aryl methyl sites for hydroxylation is 1. The van der Waals surface area contributed by atoms with Crippen LogP contribution in [0.4, 0.5) is 10.5 Å². The van der Waals surface area contributed by atoms with Gasteiger partial charge in [0.15, 0.2) is 0 Å². The lowest BCUT2D eigenvalue weighted by Crippen LogP contribution is -2.49. The van der Waals surface area contributed by atoms with Crippen molar-refractivity contribution in [1.82, 2.24) is 10.2 Å². The monoisotopic (exact) mass is 407 g/mol. The summed E-state index contributed by atoms with van der Waals surface area (Å²) < 4.78 is 0. The molecule has 158 valence electrons. The zero-order chi connectivity index (χ0) is 21.1. The van der Waals surface area contributed by atoms with Gasteiger partial charge in [0, 0.05) is 42.8 Å². The van der Waals surface area contributed by atoms with Crippen molar-refractivity contribution in [1.29, 1.82) is 0 Å². The van der Waals surface area contributed by atoms with Gasteiger partial charge < -0.3 is 15.3 Å². The number of aliphatic hydroxyl groups is 1. The van der Waals surface area contributed by atoms with Gasteiger partial charge in [0.2, 0.25) is 0 Å². The van der Waals surface area contributed by atoms with Gasteiger partial charge in [-0.2, -0.15) is 0 Å². The summed E-state index contributed by atoms with van der Waals surface area (Å²) in [5.74, 6) is -0.0403. The van der Waals surface area contributed by atoms with Crippen LogP contribution < -0.4 is 10.2 Å². The number of benzene rings is 2. The molecule has 0 aromatic heterocycles. The lowest BCUT2D eigenvalue weighted by Gasteiger charge is -2.42. The summed E-state index contributed by atoms with van der Waals surface area (Å²) >= 11 is 0. The molecule has 2 aliphatic rings. The van der Waals surface area contributed by atoms with Crippen molar-refractivity contribution in [3.05, 3.63) is 65.2 Å². The number of anilines is 1. The van der Waals surface area contributed by atoms with E-state index in [0.717, 1.165) is 30.5 Å². The number of hydrogen-bond donors (Lipinski definition) is 2. The second-order valence-electron chi connectivity index (χ2n) is 8.54. The van der Waals surface area contributed by atoms with E-state index in [1.165, 1.54) is 5.56 Å². The Balaban J connectivity index is 1.55. The summed E-state index contributed by atoms with van der Waals surface area (Å²) in [5.41, 5.74) is 3.20. The molecule has 2 saturated heterocycles. The van der Waals surface area contributed by atoms with Gasteiger partial charge in [-0.3, -0.25) is 9.69 Å². The summed E-state index contributed by atoms with van der Waals surface area (Å²) in [7, 11) is 0. The van der Waals surface area contributed by atoms with Crippen LogP contribution in [0.15, 0.2) is 48.5 Å². The molecule has 0 bridgehead atoms. The van der Waals surface area contributed by atoms with Gasteiger partial charge in [-0.05, 0) is 49.4 Å². The first-order valence-electron chi connectivity index (χ1n) is 10.6. The molecule has 0 spiro atoms. The SMILES string of the molecule is Cc1ccc(C(=O)N2CCCC(CO)(Cc3ccccc3)C2)cc1N1CCNC1=O. The Morgan fingerprint density at radius 3 is 2.67 bits per heavy atom. The fourth-order valence-corrected chi connectivity index (χ4v) is 4.66. The molecule has 4 rings (SSSR count). The molecule has 0 aliphatic carbocycles. The van der Waals surface area contributed by atoms with E-state index >= 15 is 0 Å². The Labute approximate surface area is 177 Å². The van der Waals surface area contributed by atoms with Crippen LogP contribution in [0, 0.1) is 12.3 Å². The van der Waals surface area contributed by atoms with Crippen LogP contribution in [-0.4, -0.2) is 54.7 Å². The molecular formula is C24H29N3O3. The third-order valence-electron chi connectivity index (χ3n) is 6.31. The minimum absolute atomic E-state index is 0.0403. The number of nitrogens with zero attached hydrogens (tertiary/aromatic N) is 2. The van der Waals surface area contributed by atoms with Crippen LogP contribution in [-0.2, 0) is 6.42 Å². The third-order valence-corrected chi connectivity index (χ3v) is 6.31. The fourth-order valence-electron chi connectivity index (χ4n) is 4.66. The molecule has 30 heavy (non-hydrogen) atoms. The second-order valence-corrected chi connectivity index (χ2v) is 8.54. The lowest BCUT2D eigenvalue weighted by atomic mass is 9.75. The first kappa shape index (κ1) is 20.4. The standard InChI is InChI=1S/C24H29N3O3/c1-18-8-9-20(14-21(18)27-13-11-25-23(27)30)22(29)26-12-5-10-24(16-26,17-28)15-19-6-3-2-4-7-19/h2-4,6-9,14,28H,5,10-13,15-17H2,1H3,(H,25,30). The molecule has 3 amide bonds. The van der Waals surface area contributed by atoms with Crippen LogP contribution in [0.3, 0.4) is 0 Å². The highest BCUT2D eigenvalue weighted by atomic mass is 16.3. The highest BCUT2D eigenvalue weighted by molar-refractivity contribution is 5.99. The summed E-state index contributed by atoms with van der Waals surface area (Å²) in [6.07, 6.45) is 2.52. The molecule has 2 aromatic rings. The number of carbonyl (C=O) groups is 2. The molecule has 1 atom stereocenters. The number of hydrogen-bond acceptors (Lipinski definition) is 3. The molecule has 6 nitrogen and oxygen atoms in total. The van der Waals surface area contributed by atoms with E-state index in [4.69, 9.17) is 0 Å². The number of amides is 3. The van der Waals surface area contributed by atoms with E-state index in [-0.39, 0.29) is 24.0 Å². The molecule has 6 heteroatoms. The largest absolute Gasteiger partial charge is 0.396 e. The van der Waals surface area contributed by atoms with Crippen LogP contribution in [0.5, 0.6) is 0 Å². The summed E-state index contributed by atoms with van der Waals surface area (Å²) in [5, 5.41) is 13.0. The molecular weight excluding hydrogens is 378 g/mol. The fraction of sp³-hybridized carbons (Fsp3) is 0.417. The maximum Gasteiger partial charge on any atom is 0.322 e. The van der Waals surface area contributed by atoms with E-state index < -0.39 is 0 Å². The number of urea groups is 1. The van der Waals surface area contributed by atoms with Crippen molar-refractivity contribution in [2.45, 2.75) is 26.2 Å². The average Bonchev–Trinajstić information content (AvgIpc) is 3.20. The molecule has 2 aromatic carbocycles. The Bertz CT molecular complexity index is 931. The second kappa shape index (κ2) is 8.48. The Morgan fingerprint density at radius 2 is 1.97 bits per heavy atom. The smallest absolute Gasteiger partial charge is 0.322 e. The van der Waals surface area contributed by atoms with Crippen molar-refractivity contribution in [3.8, 4) is 0 Å². The quantitative estimate of drug-likeness (QED) is 0.800. The summed E-state index contributed by atoms with van der Waals surface area (Å²) in [6.45, 7) is 4.44. The number of piperidine rings is 1. The molecule has 2 N–H and O–H groups in total. The van der Waals surface area contributed by atoms with E-state index in [0.29, 0.717) is 31.7 Å². The normalized spacial score (nSPS) is 21.6. The van der Waals surface area contributed by atoms with Crippen LogP contribution in [0.25, 0.3) is 0 Å². The van der Waals surface area contributed by atoms with Crippen molar-refractivity contribution in [2.24, 2.45) is 5.41 Å². The molecule has 2 heterocycles. The predicted molar refractivity (Wildman–Crippen MR) is 117 cm³/mol. The number of aliphatic hydroxyl groups excluding tert-OH is 1. The highest BCUT2D eigenvalue weighted by Gasteiger charge is 2.37. The Kier molecular flexibility index (Phi) is 5.77. The van der Waals surface area contributed by atoms with Gasteiger partial charge in [-0.1, -0.05) is 36.4 Å². The first-order valence-corrected chi connectivity index (χ1v) is 10.6. The van der Waals surface area contributed by atoms with Gasteiger partial charge in [0.25, 0.3) is 5.91 Å². The zero-order valence-electron chi connectivity index (χ0n) is 17.4. The van der Waals surface area contributed by atoms with Crippen molar-refractivity contribution in [3.63, 3.8) is 0 Å². The molecule has 0 saturated carbocycles. The Hall–Kier alpha value is -2.86. The summed E-state index contributed by atoms with van der Waals surface area (Å²) in [4.78, 5) is 29.0. The van der Waals surface area contributed by atoms with Crippen molar-refractivity contribution in [2.75, 3.05) is 37.7 Å². The molecule has 2 aliphatic heterocycles. The van der Waals surface area contributed by atoms with Gasteiger partial charge in [0.05, 0.1) is 6.61 Å². The first-order chi connectivity index (χ1) is 14.5. The van der Waals surface area contributed by atoms with Gasteiger partial charge >= 0.3 is 6.03 Å². The molecule has 1 unspecified atom stereocenters. The van der Waals surface area contributed by atoms with E-state index in [1.807, 2.05) is 48.2 Å². The Morgan fingerprint density at radius 1 is 1.17 bits per heavy atom. The average molecular weight is 408 g/mol. The van der Waals surface area contributed by atoms with Gasteiger partial charge in [-0.25, -0.2) is 4.79 Å². The van der Waals surface area contributed by atoms with Crippen molar-refractivity contribution < 1.29 is 14.7 Å². The zero-order valence-corrected chi connectivity index (χ0v) is 17.4. The van der Waals surface area contributed by atoms with Crippen LogP contribution in [0.2, 0.25) is 0 Å². The third kappa shape index (κ3) is 4.05. The van der Waals surface area contributed by atoms with Crippen LogP contribution >= 0.6 is 0 Å². The number of rotatable bonds is 5. The maximum absolute atomic E-state index is 13.3. The van der Waals surface area contributed by atoms with Gasteiger partial charge in [0.1, 0.15) is 0 Å².